The Labute approximate surface area is 98.6 Å². The van der Waals surface area contributed by atoms with Gasteiger partial charge in [-0.3, -0.25) is 0 Å². The SMILES string of the molecule is OCC1(CNC2CCOCC2)CCCCC1. The third kappa shape index (κ3) is 3.19. The molecule has 94 valence electrons. The molecule has 0 aromatic carbocycles. The minimum absolute atomic E-state index is 0.177. The lowest BCUT2D eigenvalue weighted by atomic mass is 9.74. The Hall–Kier alpha value is -0.120. The van der Waals surface area contributed by atoms with Crippen molar-refractivity contribution in [3.63, 3.8) is 0 Å². The largest absolute Gasteiger partial charge is 0.396 e. The number of aliphatic hydroxyl groups is 1. The van der Waals surface area contributed by atoms with E-state index in [-0.39, 0.29) is 5.41 Å². The summed E-state index contributed by atoms with van der Waals surface area (Å²) in [7, 11) is 0. The smallest absolute Gasteiger partial charge is 0.0499 e. The van der Waals surface area contributed by atoms with Crippen molar-refractivity contribution in [1.82, 2.24) is 5.32 Å². The van der Waals surface area contributed by atoms with Gasteiger partial charge in [-0.2, -0.15) is 0 Å². The van der Waals surface area contributed by atoms with Gasteiger partial charge in [0.25, 0.3) is 0 Å². The molecule has 1 heterocycles. The molecular formula is C13H25NO2. The second-order valence-corrected chi connectivity index (χ2v) is 5.49. The highest BCUT2D eigenvalue weighted by atomic mass is 16.5. The first kappa shape index (κ1) is 12.3. The van der Waals surface area contributed by atoms with Crippen LogP contribution in [0.2, 0.25) is 0 Å². The van der Waals surface area contributed by atoms with Crippen LogP contribution in [0.25, 0.3) is 0 Å². The van der Waals surface area contributed by atoms with E-state index in [0.717, 1.165) is 32.6 Å². The average Bonchev–Trinajstić information content (AvgIpc) is 2.39. The topological polar surface area (TPSA) is 41.5 Å². The van der Waals surface area contributed by atoms with Gasteiger partial charge < -0.3 is 15.2 Å². The van der Waals surface area contributed by atoms with Gasteiger partial charge in [-0.15, -0.1) is 0 Å². The minimum Gasteiger partial charge on any atom is -0.396 e. The summed E-state index contributed by atoms with van der Waals surface area (Å²) in [6, 6.07) is 0.610. The summed E-state index contributed by atoms with van der Waals surface area (Å²) in [4.78, 5) is 0. The molecule has 2 N–H and O–H groups in total. The minimum atomic E-state index is 0.177. The first-order chi connectivity index (χ1) is 7.85. The number of hydrogen-bond donors (Lipinski definition) is 2. The van der Waals surface area contributed by atoms with Crippen LogP contribution in [-0.4, -0.2) is 37.5 Å². The van der Waals surface area contributed by atoms with Gasteiger partial charge in [0.05, 0.1) is 0 Å². The number of hydrogen-bond acceptors (Lipinski definition) is 3. The first-order valence-electron chi connectivity index (χ1n) is 6.77. The zero-order valence-corrected chi connectivity index (χ0v) is 10.2. The molecule has 0 radical (unpaired) electrons. The van der Waals surface area contributed by atoms with Crippen molar-refractivity contribution in [3.8, 4) is 0 Å². The summed E-state index contributed by atoms with van der Waals surface area (Å²) in [5, 5.41) is 13.2. The van der Waals surface area contributed by atoms with E-state index in [4.69, 9.17) is 4.74 Å². The van der Waals surface area contributed by atoms with E-state index in [1.165, 1.54) is 32.1 Å². The Kier molecular flexibility index (Phi) is 4.62. The molecule has 1 aliphatic heterocycles. The van der Waals surface area contributed by atoms with Crippen LogP contribution < -0.4 is 5.32 Å². The summed E-state index contributed by atoms with van der Waals surface area (Å²) < 4.78 is 5.35. The lowest BCUT2D eigenvalue weighted by molar-refractivity contribution is 0.0543. The normalized spacial score (nSPS) is 26.8. The highest BCUT2D eigenvalue weighted by Crippen LogP contribution is 2.35. The lowest BCUT2D eigenvalue weighted by Gasteiger charge is -2.37. The first-order valence-corrected chi connectivity index (χ1v) is 6.77. The Morgan fingerprint density at radius 2 is 1.81 bits per heavy atom. The molecule has 0 amide bonds. The number of rotatable bonds is 4. The van der Waals surface area contributed by atoms with Crippen molar-refractivity contribution in [2.24, 2.45) is 5.41 Å². The zero-order valence-electron chi connectivity index (χ0n) is 10.2. The molecule has 0 atom stereocenters. The van der Waals surface area contributed by atoms with Crippen LogP contribution in [0.15, 0.2) is 0 Å². The fourth-order valence-corrected chi connectivity index (χ4v) is 2.96. The maximum Gasteiger partial charge on any atom is 0.0499 e. The maximum absolute atomic E-state index is 9.61. The molecule has 2 aliphatic rings. The van der Waals surface area contributed by atoms with Crippen LogP contribution in [0.3, 0.4) is 0 Å². The number of ether oxygens (including phenoxy) is 1. The molecule has 0 spiro atoms. The van der Waals surface area contributed by atoms with E-state index in [0.29, 0.717) is 12.6 Å². The van der Waals surface area contributed by atoms with E-state index < -0.39 is 0 Å². The molecule has 1 aliphatic carbocycles. The van der Waals surface area contributed by atoms with Crippen molar-refractivity contribution in [2.75, 3.05) is 26.4 Å². The molecular weight excluding hydrogens is 202 g/mol. The summed E-state index contributed by atoms with van der Waals surface area (Å²) >= 11 is 0. The van der Waals surface area contributed by atoms with E-state index in [2.05, 4.69) is 5.32 Å². The van der Waals surface area contributed by atoms with Gasteiger partial charge in [-0.05, 0) is 25.7 Å². The molecule has 3 nitrogen and oxygen atoms in total. The summed E-state index contributed by atoms with van der Waals surface area (Å²) in [6.07, 6.45) is 8.56. The highest BCUT2D eigenvalue weighted by Gasteiger charge is 2.31. The molecule has 0 bridgehead atoms. The fraction of sp³-hybridized carbons (Fsp3) is 1.00. The second-order valence-electron chi connectivity index (χ2n) is 5.49. The summed E-state index contributed by atoms with van der Waals surface area (Å²) in [6.45, 7) is 3.13. The Bertz CT molecular complexity index is 196. The van der Waals surface area contributed by atoms with Crippen molar-refractivity contribution in [3.05, 3.63) is 0 Å². The van der Waals surface area contributed by atoms with Gasteiger partial charge in [0.2, 0.25) is 0 Å². The standard InChI is InChI=1S/C13H25NO2/c15-11-13(6-2-1-3-7-13)10-14-12-4-8-16-9-5-12/h12,14-15H,1-11H2. The van der Waals surface area contributed by atoms with E-state index >= 15 is 0 Å². The molecule has 0 aromatic rings. The third-order valence-electron chi connectivity index (χ3n) is 4.24. The maximum atomic E-state index is 9.61. The van der Waals surface area contributed by atoms with Crippen LogP contribution in [0.4, 0.5) is 0 Å². The van der Waals surface area contributed by atoms with E-state index in [1.807, 2.05) is 0 Å². The van der Waals surface area contributed by atoms with Crippen LogP contribution >= 0.6 is 0 Å². The monoisotopic (exact) mass is 227 g/mol. The Morgan fingerprint density at radius 3 is 2.44 bits per heavy atom. The van der Waals surface area contributed by atoms with Gasteiger partial charge >= 0.3 is 0 Å². The van der Waals surface area contributed by atoms with Gasteiger partial charge in [-0.1, -0.05) is 19.3 Å². The Morgan fingerprint density at radius 1 is 1.12 bits per heavy atom. The molecule has 2 fully saturated rings. The zero-order chi connectivity index (χ0) is 11.3. The van der Waals surface area contributed by atoms with Crippen molar-refractivity contribution >= 4 is 0 Å². The molecule has 0 unspecified atom stereocenters. The van der Waals surface area contributed by atoms with Gasteiger partial charge in [-0.25, -0.2) is 0 Å². The second kappa shape index (κ2) is 5.99. The summed E-state index contributed by atoms with van der Waals surface area (Å²) in [5.41, 5.74) is 0.177. The average molecular weight is 227 g/mol. The van der Waals surface area contributed by atoms with Crippen molar-refractivity contribution in [1.29, 1.82) is 0 Å². The molecule has 3 heteroatoms. The third-order valence-corrected chi connectivity index (χ3v) is 4.24. The highest BCUT2D eigenvalue weighted by molar-refractivity contribution is 4.86. The quantitative estimate of drug-likeness (QED) is 0.768. The van der Waals surface area contributed by atoms with E-state index in [9.17, 15) is 5.11 Å². The van der Waals surface area contributed by atoms with Crippen LogP contribution in [0.5, 0.6) is 0 Å². The van der Waals surface area contributed by atoms with Crippen LogP contribution in [0, 0.1) is 5.41 Å². The van der Waals surface area contributed by atoms with E-state index in [1.54, 1.807) is 0 Å². The van der Waals surface area contributed by atoms with Gasteiger partial charge in [0.15, 0.2) is 0 Å². The predicted octanol–water partition coefficient (Wildman–Crippen LogP) is 1.70. The lowest BCUT2D eigenvalue weighted by Crippen LogP contribution is -2.44. The van der Waals surface area contributed by atoms with Gasteiger partial charge in [0.1, 0.15) is 0 Å². The molecule has 2 rings (SSSR count). The summed E-state index contributed by atoms with van der Waals surface area (Å²) in [5.74, 6) is 0. The van der Waals surface area contributed by atoms with Gasteiger partial charge in [0, 0.05) is 37.8 Å². The molecule has 1 saturated heterocycles. The molecule has 0 aromatic heterocycles. The molecule has 1 saturated carbocycles. The van der Waals surface area contributed by atoms with Crippen LogP contribution in [0.1, 0.15) is 44.9 Å². The van der Waals surface area contributed by atoms with Crippen LogP contribution in [-0.2, 0) is 4.74 Å². The molecule has 16 heavy (non-hydrogen) atoms. The number of nitrogens with one attached hydrogen (secondary N) is 1. The number of aliphatic hydroxyl groups excluding tert-OH is 1. The Balaban J connectivity index is 1.77. The predicted molar refractivity (Wildman–Crippen MR) is 64.4 cm³/mol. The fourth-order valence-electron chi connectivity index (χ4n) is 2.96. The van der Waals surface area contributed by atoms with Crippen molar-refractivity contribution in [2.45, 2.75) is 51.0 Å². The van der Waals surface area contributed by atoms with Crippen molar-refractivity contribution < 1.29 is 9.84 Å².